The largest absolute Gasteiger partial charge is 0.500 e. The van der Waals surface area contributed by atoms with Gasteiger partial charge in [-0.15, -0.1) is 0 Å². The number of hydrogen-bond acceptors (Lipinski definition) is 3. The van der Waals surface area contributed by atoms with Gasteiger partial charge in [0.2, 0.25) is 0 Å². The van der Waals surface area contributed by atoms with Gasteiger partial charge in [-0.05, 0) is 25.1 Å². The van der Waals surface area contributed by atoms with Gasteiger partial charge in [0.05, 0.1) is 11.2 Å². The van der Waals surface area contributed by atoms with Crippen LogP contribution in [-0.2, 0) is 14.6 Å². The number of benzene rings is 1. The summed E-state index contributed by atoms with van der Waals surface area (Å²) in [4.78, 5) is 0.355. The summed E-state index contributed by atoms with van der Waals surface area (Å²) >= 11 is 0. The Morgan fingerprint density at radius 3 is 2.47 bits per heavy atom. The quantitative estimate of drug-likeness (QED) is 0.767. The first kappa shape index (κ1) is 10.2. The predicted octanol–water partition coefficient (Wildman–Crippen LogP) is 1.68. The van der Waals surface area contributed by atoms with Crippen LogP contribution in [0.15, 0.2) is 41.5 Å². The summed E-state index contributed by atoms with van der Waals surface area (Å²) in [6.07, 6.45) is 3.02. The highest BCUT2D eigenvalue weighted by molar-refractivity contribution is 7.92. The molecule has 0 N–H and O–H groups in total. The lowest BCUT2D eigenvalue weighted by atomic mass is 10.2. The maximum Gasteiger partial charge on any atom is 0.188 e. The summed E-state index contributed by atoms with van der Waals surface area (Å²) in [5, 5.41) is -0.541. The second-order valence-corrected chi connectivity index (χ2v) is 5.73. The first-order valence-electron chi connectivity index (χ1n) is 4.69. The molecule has 1 aliphatic rings. The van der Waals surface area contributed by atoms with Crippen LogP contribution in [-0.4, -0.2) is 20.3 Å². The molecule has 0 bridgehead atoms. The van der Waals surface area contributed by atoms with Crippen molar-refractivity contribution in [2.24, 2.45) is 0 Å². The van der Waals surface area contributed by atoms with Crippen molar-refractivity contribution in [3.63, 3.8) is 0 Å². The average Bonchev–Trinajstić information content (AvgIpc) is 2.71. The summed E-state index contributed by atoms with van der Waals surface area (Å²) in [6.45, 7) is 2.14. The van der Waals surface area contributed by atoms with E-state index in [0.717, 1.165) is 5.56 Å². The Morgan fingerprint density at radius 1 is 1.27 bits per heavy atom. The minimum atomic E-state index is -3.27. The Kier molecular flexibility index (Phi) is 2.52. The molecule has 0 saturated heterocycles. The molecule has 2 rings (SSSR count). The molecule has 0 amide bonds. The normalized spacial score (nSPS) is 20.2. The van der Waals surface area contributed by atoms with Gasteiger partial charge in [0.1, 0.15) is 11.9 Å². The lowest BCUT2D eigenvalue weighted by Gasteiger charge is -2.08. The molecule has 3 nitrogen and oxygen atoms in total. The first-order chi connectivity index (χ1) is 7.10. The van der Waals surface area contributed by atoms with E-state index >= 15 is 0 Å². The van der Waals surface area contributed by atoms with Crippen LogP contribution in [0.2, 0.25) is 0 Å². The molecular formula is C11H12O3S. The van der Waals surface area contributed by atoms with Gasteiger partial charge < -0.3 is 4.74 Å². The molecule has 0 spiro atoms. The minimum absolute atomic E-state index is 0.218. The van der Waals surface area contributed by atoms with Gasteiger partial charge in [0.15, 0.2) is 9.84 Å². The van der Waals surface area contributed by atoms with E-state index < -0.39 is 15.1 Å². The second kappa shape index (κ2) is 3.70. The Bertz CT molecular complexity index is 471. The Balaban J connectivity index is 2.37. The van der Waals surface area contributed by atoms with Crippen LogP contribution < -0.4 is 0 Å². The van der Waals surface area contributed by atoms with Gasteiger partial charge in [-0.1, -0.05) is 17.7 Å². The molecule has 1 heterocycles. The molecule has 1 atom stereocenters. The summed E-state index contributed by atoms with van der Waals surface area (Å²) in [5.41, 5.74) is 1.05. The molecule has 0 aromatic heterocycles. The third kappa shape index (κ3) is 1.90. The number of aryl methyl sites for hydroxylation is 1. The van der Waals surface area contributed by atoms with Gasteiger partial charge in [-0.2, -0.15) is 0 Å². The van der Waals surface area contributed by atoms with Crippen LogP contribution in [0.5, 0.6) is 0 Å². The summed E-state index contributed by atoms with van der Waals surface area (Å²) in [7, 11) is -3.27. The topological polar surface area (TPSA) is 43.4 Å². The van der Waals surface area contributed by atoms with Crippen LogP contribution in [0, 0.1) is 6.92 Å². The van der Waals surface area contributed by atoms with Crippen molar-refractivity contribution < 1.29 is 13.2 Å². The van der Waals surface area contributed by atoms with Gasteiger partial charge in [0.25, 0.3) is 0 Å². The lowest BCUT2D eigenvalue weighted by Crippen LogP contribution is -2.20. The SMILES string of the molecule is Cc1ccc(S(=O)(=O)C2C=COC2)cc1. The molecule has 0 saturated carbocycles. The lowest BCUT2D eigenvalue weighted by molar-refractivity contribution is 0.282. The monoisotopic (exact) mass is 224 g/mol. The van der Waals surface area contributed by atoms with E-state index in [1.165, 1.54) is 6.26 Å². The van der Waals surface area contributed by atoms with E-state index in [1.807, 2.05) is 6.92 Å². The number of rotatable bonds is 2. The molecule has 1 aromatic rings. The Labute approximate surface area is 89.3 Å². The third-order valence-electron chi connectivity index (χ3n) is 2.40. The zero-order valence-electron chi connectivity index (χ0n) is 8.38. The summed E-state index contributed by atoms with van der Waals surface area (Å²) in [6, 6.07) is 6.87. The zero-order chi connectivity index (χ0) is 10.9. The van der Waals surface area contributed by atoms with Gasteiger partial charge >= 0.3 is 0 Å². The van der Waals surface area contributed by atoms with Crippen molar-refractivity contribution in [1.82, 2.24) is 0 Å². The standard InChI is InChI=1S/C11H12O3S/c1-9-2-4-10(5-3-9)15(12,13)11-6-7-14-8-11/h2-7,11H,8H2,1H3. The molecule has 0 fully saturated rings. The van der Waals surface area contributed by atoms with Gasteiger partial charge in [0, 0.05) is 0 Å². The highest BCUT2D eigenvalue weighted by atomic mass is 32.2. The van der Waals surface area contributed by atoms with Crippen LogP contribution in [0.4, 0.5) is 0 Å². The predicted molar refractivity (Wildman–Crippen MR) is 57.2 cm³/mol. The Morgan fingerprint density at radius 2 is 1.93 bits per heavy atom. The van der Waals surface area contributed by atoms with E-state index in [4.69, 9.17) is 4.74 Å². The van der Waals surface area contributed by atoms with Gasteiger partial charge in [-0.3, -0.25) is 0 Å². The van der Waals surface area contributed by atoms with E-state index in [9.17, 15) is 8.42 Å². The first-order valence-corrected chi connectivity index (χ1v) is 6.24. The van der Waals surface area contributed by atoms with E-state index in [2.05, 4.69) is 0 Å². The highest BCUT2D eigenvalue weighted by Gasteiger charge is 2.28. The number of sulfone groups is 1. The molecule has 1 aromatic carbocycles. The minimum Gasteiger partial charge on any atom is -0.500 e. The van der Waals surface area contributed by atoms with Crippen molar-refractivity contribution in [2.75, 3.05) is 6.61 Å². The molecule has 1 aliphatic heterocycles. The van der Waals surface area contributed by atoms with Crippen LogP contribution in [0.25, 0.3) is 0 Å². The smallest absolute Gasteiger partial charge is 0.188 e. The van der Waals surface area contributed by atoms with Gasteiger partial charge in [-0.25, -0.2) is 8.42 Å². The van der Waals surface area contributed by atoms with E-state index in [-0.39, 0.29) is 6.61 Å². The van der Waals surface area contributed by atoms with Crippen molar-refractivity contribution in [3.05, 3.63) is 42.2 Å². The molecule has 80 valence electrons. The average molecular weight is 224 g/mol. The van der Waals surface area contributed by atoms with Crippen molar-refractivity contribution >= 4 is 9.84 Å². The second-order valence-electron chi connectivity index (χ2n) is 3.56. The fourth-order valence-corrected chi connectivity index (χ4v) is 2.84. The zero-order valence-corrected chi connectivity index (χ0v) is 9.20. The molecule has 15 heavy (non-hydrogen) atoms. The van der Waals surface area contributed by atoms with Crippen molar-refractivity contribution in [3.8, 4) is 0 Å². The van der Waals surface area contributed by atoms with Crippen molar-refractivity contribution in [2.45, 2.75) is 17.1 Å². The fourth-order valence-electron chi connectivity index (χ4n) is 1.44. The van der Waals surface area contributed by atoms with Crippen molar-refractivity contribution in [1.29, 1.82) is 0 Å². The van der Waals surface area contributed by atoms with E-state index in [0.29, 0.717) is 4.90 Å². The Hall–Kier alpha value is -1.29. The maximum absolute atomic E-state index is 12.0. The molecular weight excluding hydrogens is 212 g/mol. The fraction of sp³-hybridized carbons (Fsp3) is 0.273. The maximum atomic E-state index is 12.0. The third-order valence-corrected chi connectivity index (χ3v) is 4.42. The van der Waals surface area contributed by atoms with E-state index in [1.54, 1.807) is 30.3 Å². The molecule has 0 radical (unpaired) electrons. The summed E-state index contributed by atoms with van der Waals surface area (Å²) in [5.74, 6) is 0. The summed E-state index contributed by atoms with van der Waals surface area (Å²) < 4.78 is 29.0. The highest BCUT2D eigenvalue weighted by Crippen LogP contribution is 2.20. The molecule has 4 heteroatoms. The van der Waals surface area contributed by atoms with Crippen LogP contribution >= 0.6 is 0 Å². The molecule has 0 aliphatic carbocycles. The molecule has 1 unspecified atom stereocenters. The van der Waals surface area contributed by atoms with Crippen LogP contribution in [0.3, 0.4) is 0 Å². The van der Waals surface area contributed by atoms with Crippen LogP contribution in [0.1, 0.15) is 5.56 Å². The number of hydrogen-bond donors (Lipinski definition) is 0. The number of ether oxygens (including phenoxy) is 1.